The van der Waals surface area contributed by atoms with Crippen LogP contribution in [0, 0.1) is 0 Å². The van der Waals surface area contributed by atoms with Crippen molar-refractivity contribution >= 4 is 11.9 Å². The van der Waals surface area contributed by atoms with Crippen LogP contribution >= 0.6 is 0 Å². The number of carbonyl (C=O) groups excluding carboxylic acids is 1. The Labute approximate surface area is 127 Å². The molecule has 8 N–H and O–H groups in total. The Bertz CT molecular complexity index is 535. The first kappa shape index (κ1) is 17.7. The number of carboxylic acid groups (broad SMARTS) is 1. The van der Waals surface area contributed by atoms with Gasteiger partial charge in [0.05, 0.1) is 6.04 Å². The van der Waals surface area contributed by atoms with Gasteiger partial charge in [-0.15, -0.1) is 0 Å². The number of benzene rings is 1. The van der Waals surface area contributed by atoms with Gasteiger partial charge in [-0.3, -0.25) is 4.79 Å². The van der Waals surface area contributed by atoms with E-state index in [0.717, 1.165) is 6.07 Å². The van der Waals surface area contributed by atoms with Crippen LogP contribution in [0.2, 0.25) is 0 Å². The number of nitrogens with two attached hydrogens (primary N) is 2. The Morgan fingerprint density at radius 1 is 1.27 bits per heavy atom. The second-order valence-electron chi connectivity index (χ2n) is 4.95. The third-order valence-corrected chi connectivity index (χ3v) is 3.16. The molecule has 0 aromatic heterocycles. The standard InChI is InChI=1S/C14H21N3O5/c15-5-1-2-10(16)13(20)17-11(14(21)22)6-8-3-4-9(18)7-12(8)19/h3-4,7,10-11,18-19H,1-2,5-6,15-16H2,(H,17,20)(H,21,22). The molecule has 0 fully saturated rings. The van der Waals surface area contributed by atoms with E-state index in [2.05, 4.69) is 5.32 Å². The van der Waals surface area contributed by atoms with Crippen molar-refractivity contribution < 1.29 is 24.9 Å². The van der Waals surface area contributed by atoms with Crippen LogP contribution in [-0.4, -0.2) is 45.8 Å². The molecule has 22 heavy (non-hydrogen) atoms. The fraction of sp³-hybridized carbons (Fsp3) is 0.429. The van der Waals surface area contributed by atoms with Crippen LogP contribution in [0.3, 0.4) is 0 Å². The van der Waals surface area contributed by atoms with Crippen molar-refractivity contribution in [2.75, 3.05) is 6.54 Å². The van der Waals surface area contributed by atoms with Crippen molar-refractivity contribution in [3.8, 4) is 11.5 Å². The van der Waals surface area contributed by atoms with Gasteiger partial charge in [0.2, 0.25) is 5.91 Å². The fourth-order valence-electron chi connectivity index (χ4n) is 1.89. The molecule has 2 atom stereocenters. The second kappa shape index (κ2) is 8.20. The summed E-state index contributed by atoms with van der Waals surface area (Å²) < 4.78 is 0. The topological polar surface area (TPSA) is 159 Å². The number of hydrogen-bond acceptors (Lipinski definition) is 6. The number of nitrogens with one attached hydrogen (secondary N) is 1. The summed E-state index contributed by atoms with van der Waals surface area (Å²) in [6.45, 7) is 0.394. The Morgan fingerprint density at radius 3 is 2.50 bits per heavy atom. The van der Waals surface area contributed by atoms with Gasteiger partial charge in [0.15, 0.2) is 0 Å². The lowest BCUT2D eigenvalue weighted by Gasteiger charge is -2.18. The Morgan fingerprint density at radius 2 is 1.95 bits per heavy atom. The number of aliphatic carboxylic acids is 1. The van der Waals surface area contributed by atoms with E-state index in [-0.39, 0.29) is 17.9 Å². The summed E-state index contributed by atoms with van der Waals surface area (Å²) in [6.07, 6.45) is 0.793. The first-order chi connectivity index (χ1) is 10.3. The molecule has 1 amide bonds. The van der Waals surface area contributed by atoms with E-state index in [9.17, 15) is 24.9 Å². The van der Waals surface area contributed by atoms with Crippen LogP contribution in [0.4, 0.5) is 0 Å². The molecular weight excluding hydrogens is 290 g/mol. The number of amides is 1. The van der Waals surface area contributed by atoms with Crippen LogP contribution in [0.1, 0.15) is 18.4 Å². The van der Waals surface area contributed by atoms with E-state index in [4.69, 9.17) is 11.5 Å². The molecule has 0 aliphatic heterocycles. The molecule has 8 heteroatoms. The first-order valence-electron chi connectivity index (χ1n) is 6.84. The molecule has 0 heterocycles. The normalized spacial score (nSPS) is 13.4. The van der Waals surface area contributed by atoms with Gasteiger partial charge in [0.25, 0.3) is 0 Å². The van der Waals surface area contributed by atoms with Gasteiger partial charge in [-0.25, -0.2) is 4.79 Å². The van der Waals surface area contributed by atoms with E-state index in [1.54, 1.807) is 0 Å². The van der Waals surface area contributed by atoms with Gasteiger partial charge < -0.3 is 32.1 Å². The quantitative estimate of drug-likeness (QED) is 0.369. The van der Waals surface area contributed by atoms with Crippen LogP contribution in [-0.2, 0) is 16.0 Å². The summed E-state index contributed by atoms with van der Waals surface area (Å²) in [6, 6.07) is 1.75. The second-order valence-corrected chi connectivity index (χ2v) is 4.95. The maximum Gasteiger partial charge on any atom is 0.326 e. The number of hydrogen-bond donors (Lipinski definition) is 6. The lowest BCUT2D eigenvalue weighted by molar-refractivity contribution is -0.142. The lowest BCUT2D eigenvalue weighted by atomic mass is 10.0. The molecule has 122 valence electrons. The van der Waals surface area contributed by atoms with E-state index in [1.807, 2.05) is 0 Å². The zero-order chi connectivity index (χ0) is 16.7. The zero-order valence-electron chi connectivity index (χ0n) is 12.0. The molecule has 1 aromatic rings. The molecule has 8 nitrogen and oxygen atoms in total. The maximum atomic E-state index is 11.9. The number of carboxylic acids is 1. The third kappa shape index (κ3) is 5.23. The lowest BCUT2D eigenvalue weighted by Crippen LogP contribution is -2.49. The molecular formula is C14H21N3O5. The molecule has 0 radical (unpaired) electrons. The average molecular weight is 311 g/mol. The number of aromatic hydroxyl groups is 2. The van der Waals surface area contributed by atoms with Crippen LogP contribution in [0.15, 0.2) is 18.2 Å². The van der Waals surface area contributed by atoms with E-state index in [0.29, 0.717) is 24.9 Å². The molecule has 0 aliphatic rings. The van der Waals surface area contributed by atoms with Crippen LogP contribution in [0.25, 0.3) is 0 Å². The largest absolute Gasteiger partial charge is 0.508 e. The number of rotatable bonds is 8. The van der Waals surface area contributed by atoms with Crippen molar-refractivity contribution in [2.24, 2.45) is 11.5 Å². The summed E-state index contributed by atoms with van der Waals surface area (Å²) >= 11 is 0. The predicted octanol–water partition coefficient (Wildman–Crippen LogP) is -0.724. The van der Waals surface area contributed by atoms with Gasteiger partial charge in [-0.05, 0) is 31.0 Å². The van der Waals surface area contributed by atoms with Gasteiger partial charge in [-0.2, -0.15) is 0 Å². The number of carbonyl (C=O) groups is 2. The Balaban J connectivity index is 2.73. The molecule has 0 bridgehead atoms. The molecule has 1 rings (SSSR count). The molecule has 0 saturated heterocycles. The fourth-order valence-corrected chi connectivity index (χ4v) is 1.89. The van der Waals surface area contributed by atoms with Crippen molar-refractivity contribution in [3.05, 3.63) is 23.8 Å². The zero-order valence-corrected chi connectivity index (χ0v) is 12.0. The monoisotopic (exact) mass is 311 g/mol. The van der Waals surface area contributed by atoms with E-state index < -0.39 is 24.0 Å². The van der Waals surface area contributed by atoms with Crippen LogP contribution in [0.5, 0.6) is 11.5 Å². The van der Waals surface area contributed by atoms with E-state index >= 15 is 0 Å². The highest BCUT2D eigenvalue weighted by Crippen LogP contribution is 2.23. The minimum atomic E-state index is -1.24. The minimum Gasteiger partial charge on any atom is -0.508 e. The van der Waals surface area contributed by atoms with Crippen molar-refractivity contribution in [3.63, 3.8) is 0 Å². The molecule has 0 spiro atoms. The van der Waals surface area contributed by atoms with E-state index in [1.165, 1.54) is 12.1 Å². The van der Waals surface area contributed by atoms with Crippen LogP contribution < -0.4 is 16.8 Å². The molecule has 0 saturated carbocycles. The Kier molecular flexibility index (Phi) is 6.61. The smallest absolute Gasteiger partial charge is 0.326 e. The van der Waals surface area contributed by atoms with Gasteiger partial charge in [0, 0.05) is 12.5 Å². The Hall–Kier alpha value is -2.32. The maximum absolute atomic E-state index is 11.9. The summed E-state index contributed by atoms with van der Waals surface area (Å²) in [5.41, 5.74) is 11.3. The first-order valence-corrected chi connectivity index (χ1v) is 6.84. The predicted molar refractivity (Wildman–Crippen MR) is 79.3 cm³/mol. The number of phenols is 2. The molecule has 1 aromatic carbocycles. The summed E-state index contributed by atoms with van der Waals surface area (Å²) in [4.78, 5) is 23.1. The summed E-state index contributed by atoms with van der Waals surface area (Å²) in [7, 11) is 0. The highest BCUT2D eigenvalue weighted by molar-refractivity contribution is 5.87. The van der Waals surface area contributed by atoms with Gasteiger partial charge >= 0.3 is 5.97 Å². The summed E-state index contributed by atoms with van der Waals surface area (Å²) in [5, 5.41) is 30.4. The number of phenolic OH excluding ortho intramolecular Hbond substituents is 2. The van der Waals surface area contributed by atoms with Crippen molar-refractivity contribution in [2.45, 2.75) is 31.3 Å². The van der Waals surface area contributed by atoms with Gasteiger partial charge in [0.1, 0.15) is 17.5 Å². The highest BCUT2D eigenvalue weighted by Gasteiger charge is 2.24. The summed E-state index contributed by atoms with van der Waals surface area (Å²) in [5.74, 6) is -2.21. The molecule has 2 unspecified atom stereocenters. The van der Waals surface area contributed by atoms with Crippen molar-refractivity contribution in [1.82, 2.24) is 5.32 Å². The highest BCUT2D eigenvalue weighted by atomic mass is 16.4. The SMILES string of the molecule is NCCCC(N)C(=O)NC(Cc1ccc(O)cc1O)C(=O)O. The van der Waals surface area contributed by atoms with Gasteiger partial charge in [-0.1, -0.05) is 6.07 Å². The third-order valence-electron chi connectivity index (χ3n) is 3.16. The average Bonchev–Trinajstić information content (AvgIpc) is 2.46. The van der Waals surface area contributed by atoms with Crippen molar-refractivity contribution in [1.29, 1.82) is 0 Å². The minimum absolute atomic E-state index is 0.128. The molecule has 0 aliphatic carbocycles.